The fourth-order valence-electron chi connectivity index (χ4n) is 2.96. The summed E-state index contributed by atoms with van der Waals surface area (Å²) in [6.07, 6.45) is 12.6. The average Bonchev–Trinajstić information content (AvgIpc) is 2.87. The largest absolute Gasteiger partial charge is 0.466 e. The second-order valence-corrected chi connectivity index (χ2v) is 5.70. The summed E-state index contributed by atoms with van der Waals surface area (Å²) < 4.78 is 5.47. The Balaban J connectivity index is 1.79. The number of aliphatic hydroxyl groups excluding tert-OH is 1. The quantitative estimate of drug-likeness (QED) is 0.798. The maximum atomic E-state index is 9.86. The molecule has 2 heteroatoms. The first-order valence-electron chi connectivity index (χ1n) is 7.55. The van der Waals surface area contributed by atoms with Gasteiger partial charge in [0, 0.05) is 0 Å². The molecule has 1 saturated carbocycles. The number of hydrogen-bond donors (Lipinski definition) is 1. The van der Waals surface area contributed by atoms with Gasteiger partial charge >= 0.3 is 0 Å². The molecule has 1 aromatic rings. The van der Waals surface area contributed by atoms with Crippen molar-refractivity contribution in [3.8, 4) is 0 Å². The Morgan fingerprint density at radius 3 is 2.83 bits per heavy atom. The molecule has 0 aromatic carbocycles. The van der Waals surface area contributed by atoms with Gasteiger partial charge in [-0.25, -0.2) is 0 Å². The molecule has 0 amide bonds. The zero-order valence-corrected chi connectivity index (χ0v) is 11.5. The Morgan fingerprint density at radius 2 is 2.11 bits per heavy atom. The molecule has 0 spiro atoms. The predicted octanol–water partition coefficient (Wildman–Crippen LogP) is 4.63. The summed E-state index contributed by atoms with van der Waals surface area (Å²) in [5.41, 5.74) is 1.26. The van der Waals surface area contributed by atoms with Crippen molar-refractivity contribution < 1.29 is 9.52 Å². The molecule has 0 radical (unpaired) electrons. The van der Waals surface area contributed by atoms with Crippen LogP contribution in [0.4, 0.5) is 0 Å². The number of hydrogen-bond acceptors (Lipinski definition) is 2. The van der Waals surface area contributed by atoms with E-state index in [9.17, 15) is 5.11 Å². The molecule has 1 aliphatic rings. The maximum Gasteiger partial charge on any atom is 0.132 e. The topological polar surface area (TPSA) is 33.4 Å². The lowest BCUT2D eigenvalue weighted by Gasteiger charge is -2.20. The lowest BCUT2D eigenvalue weighted by atomic mass is 9.85. The van der Waals surface area contributed by atoms with E-state index in [1.54, 1.807) is 0 Å². The highest BCUT2D eigenvalue weighted by molar-refractivity contribution is 5.14. The predicted molar refractivity (Wildman–Crippen MR) is 73.5 cm³/mol. The first-order chi connectivity index (χ1) is 8.79. The Morgan fingerprint density at radius 1 is 1.33 bits per heavy atom. The van der Waals surface area contributed by atoms with Gasteiger partial charge < -0.3 is 9.52 Å². The second-order valence-electron chi connectivity index (χ2n) is 5.70. The summed E-state index contributed by atoms with van der Waals surface area (Å²) in [6.45, 7) is 2.08. The molecule has 0 aliphatic heterocycles. The van der Waals surface area contributed by atoms with Gasteiger partial charge in [0.15, 0.2) is 0 Å². The normalized spacial score (nSPS) is 19.0. The zero-order valence-electron chi connectivity index (χ0n) is 11.5. The number of furan rings is 1. The van der Waals surface area contributed by atoms with Crippen LogP contribution in [0.3, 0.4) is 0 Å². The van der Waals surface area contributed by atoms with E-state index in [4.69, 9.17) is 4.42 Å². The van der Waals surface area contributed by atoms with Crippen LogP contribution in [0.25, 0.3) is 0 Å². The minimum Gasteiger partial charge on any atom is -0.466 e. The number of rotatable bonds is 6. The van der Waals surface area contributed by atoms with Crippen LogP contribution >= 0.6 is 0 Å². The van der Waals surface area contributed by atoms with Crippen molar-refractivity contribution in [1.82, 2.24) is 0 Å². The van der Waals surface area contributed by atoms with E-state index in [-0.39, 0.29) is 0 Å². The molecule has 1 fully saturated rings. The van der Waals surface area contributed by atoms with Gasteiger partial charge in [0.05, 0.1) is 6.26 Å². The third-order valence-corrected chi connectivity index (χ3v) is 4.13. The third kappa shape index (κ3) is 3.88. The molecular weight excluding hydrogens is 224 g/mol. The van der Waals surface area contributed by atoms with Crippen LogP contribution in [0, 0.1) is 5.92 Å². The second kappa shape index (κ2) is 6.98. The molecule has 2 nitrogen and oxygen atoms in total. The molecule has 1 atom stereocenters. The van der Waals surface area contributed by atoms with Gasteiger partial charge in [0.25, 0.3) is 0 Å². The molecule has 2 rings (SSSR count). The van der Waals surface area contributed by atoms with Crippen molar-refractivity contribution >= 4 is 0 Å². The van der Waals surface area contributed by atoms with Crippen LogP contribution in [-0.2, 0) is 6.42 Å². The molecule has 1 unspecified atom stereocenters. The Labute approximate surface area is 110 Å². The van der Waals surface area contributed by atoms with Gasteiger partial charge in [-0.1, -0.05) is 45.4 Å². The SMILES string of the molecule is CCCC(O)c1cc(CCC2CCCCC2)co1. The Hall–Kier alpha value is -0.760. The van der Waals surface area contributed by atoms with Crippen LogP contribution in [-0.4, -0.2) is 5.11 Å². The fraction of sp³-hybridized carbons (Fsp3) is 0.750. The van der Waals surface area contributed by atoms with Gasteiger partial charge in [-0.05, 0) is 36.8 Å². The highest BCUT2D eigenvalue weighted by atomic mass is 16.4. The van der Waals surface area contributed by atoms with E-state index in [0.717, 1.165) is 30.9 Å². The van der Waals surface area contributed by atoms with Gasteiger partial charge in [-0.2, -0.15) is 0 Å². The van der Waals surface area contributed by atoms with Crippen molar-refractivity contribution in [1.29, 1.82) is 0 Å². The number of aliphatic hydroxyl groups is 1. The van der Waals surface area contributed by atoms with Crippen molar-refractivity contribution in [2.45, 2.75) is 70.8 Å². The van der Waals surface area contributed by atoms with Crippen LogP contribution in [0.2, 0.25) is 0 Å². The van der Waals surface area contributed by atoms with E-state index in [2.05, 4.69) is 6.92 Å². The molecule has 1 aliphatic carbocycles. The van der Waals surface area contributed by atoms with Gasteiger partial charge in [0.2, 0.25) is 0 Å². The van der Waals surface area contributed by atoms with E-state index in [1.807, 2.05) is 12.3 Å². The highest BCUT2D eigenvalue weighted by Gasteiger charge is 2.15. The smallest absolute Gasteiger partial charge is 0.132 e. The molecule has 102 valence electrons. The van der Waals surface area contributed by atoms with Crippen molar-refractivity contribution in [3.63, 3.8) is 0 Å². The summed E-state index contributed by atoms with van der Waals surface area (Å²) in [5.74, 6) is 1.66. The minimum atomic E-state index is -0.418. The molecule has 0 saturated heterocycles. The summed E-state index contributed by atoms with van der Waals surface area (Å²) >= 11 is 0. The lowest BCUT2D eigenvalue weighted by molar-refractivity contribution is 0.139. The van der Waals surface area contributed by atoms with Gasteiger partial charge in [-0.3, -0.25) is 0 Å². The van der Waals surface area contributed by atoms with E-state index in [0.29, 0.717) is 0 Å². The van der Waals surface area contributed by atoms with Crippen LogP contribution in [0.5, 0.6) is 0 Å². The van der Waals surface area contributed by atoms with E-state index >= 15 is 0 Å². The molecule has 18 heavy (non-hydrogen) atoms. The van der Waals surface area contributed by atoms with Crippen LogP contribution in [0.15, 0.2) is 16.7 Å². The minimum absolute atomic E-state index is 0.418. The summed E-state index contributed by atoms with van der Waals surface area (Å²) in [4.78, 5) is 0. The van der Waals surface area contributed by atoms with Crippen molar-refractivity contribution in [3.05, 3.63) is 23.7 Å². The Kier molecular flexibility index (Phi) is 5.30. The van der Waals surface area contributed by atoms with Crippen molar-refractivity contribution in [2.24, 2.45) is 5.92 Å². The molecule has 0 bridgehead atoms. The third-order valence-electron chi connectivity index (χ3n) is 4.13. The fourth-order valence-corrected chi connectivity index (χ4v) is 2.96. The van der Waals surface area contributed by atoms with Gasteiger partial charge in [0.1, 0.15) is 11.9 Å². The molecular formula is C16H26O2. The summed E-state index contributed by atoms with van der Waals surface area (Å²) in [7, 11) is 0. The monoisotopic (exact) mass is 250 g/mol. The van der Waals surface area contributed by atoms with E-state index < -0.39 is 6.10 Å². The zero-order chi connectivity index (χ0) is 12.8. The standard InChI is InChI=1S/C16H26O2/c1-2-6-15(17)16-11-14(12-18-16)10-9-13-7-4-3-5-8-13/h11-13,15,17H,2-10H2,1H3. The number of aryl methyl sites for hydroxylation is 1. The highest BCUT2D eigenvalue weighted by Crippen LogP contribution is 2.28. The van der Waals surface area contributed by atoms with Crippen LogP contribution < -0.4 is 0 Å². The van der Waals surface area contributed by atoms with Gasteiger partial charge in [-0.15, -0.1) is 0 Å². The van der Waals surface area contributed by atoms with Crippen molar-refractivity contribution in [2.75, 3.05) is 0 Å². The molecule has 1 N–H and O–H groups in total. The summed E-state index contributed by atoms with van der Waals surface area (Å²) in [5, 5.41) is 9.86. The molecule has 1 heterocycles. The summed E-state index contributed by atoms with van der Waals surface area (Å²) in [6, 6.07) is 2.04. The first-order valence-corrected chi connectivity index (χ1v) is 7.55. The average molecular weight is 250 g/mol. The first kappa shape index (κ1) is 13.7. The molecule has 1 aromatic heterocycles. The van der Waals surface area contributed by atoms with Crippen LogP contribution in [0.1, 0.15) is 75.7 Å². The Bertz CT molecular complexity index is 337. The lowest BCUT2D eigenvalue weighted by Crippen LogP contribution is -2.06. The maximum absolute atomic E-state index is 9.86. The van der Waals surface area contributed by atoms with E-state index in [1.165, 1.54) is 44.1 Å².